The van der Waals surface area contributed by atoms with Gasteiger partial charge in [-0.05, 0) is 46.9 Å². The van der Waals surface area contributed by atoms with Crippen molar-refractivity contribution in [3.05, 3.63) is 69.1 Å². The smallest absolute Gasteiger partial charge is 0.251 e. The molecule has 0 saturated carbocycles. The van der Waals surface area contributed by atoms with Crippen molar-refractivity contribution in [2.75, 3.05) is 13.1 Å². The van der Waals surface area contributed by atoms with Crippen LogP contribution in [0, 0.1) is 0 Å². The second-order valence-corrected chi connectivity index (χ2v) is 7.36. The Balaban J connectivity index is 1.54. The van der Waals surface area contributed by atoms with Gasteiger partial charge >= 0.3 is 0 Å². The van der Waals surface area contributed by atoms with E-state index in [-0.39, 0.29) is 24.1 Å². The Morgan fingerprint density at radius 3 is 2.80 bits per heavy atom. The Bertz CT molecular complexity index is 776. The van der Waals surface area contributed by atoms with Crippen LogP contribution < -0.4 is 10.9 Å². The zero-order chi connectivity index (χ0) is 17.6. The number of amides is 1. The molecule has 1 aromatic heterocycles. The lowest BCUT2D eigenvalue weighted by Gasteiger charge is -2.33. The van der Waals surface area contributed by atoms with Crippen LogP contribution >= 0.6 is 15.9 Å². The van der Waals surface area contributed by atoms with Gasteiger partial charge in [0.05, 0.1) is 0 Å². The summed E-state index contributed by atoms with van der Waals surface area (Å²) in [6.45, 7) is 2.84. The molecule has 1 atom stereocenters. The second-order valence-electron chi connectivity index (χ2n) is 6.44. The molecule has 25 heavy (non-hydrogen) atoms. The van der Waals surface area contributed by atoms with Crippen LogP contribution in [0.1, 0.15) is 18.4 Å². The third kappa shape index (κ3) is 5.28. The topological polar surface area (TPSA) is 54.3 Å². The van der Waals surface area contributed by atoms with E-state index in [9.17, 15) is 9.59 Å². The number of aromatic nitrogens is 1. The summed E-state index contributed by atoms with van der Waals surface area (Å²) >= 11 is 3.33. The highest BCUT2D eigenvalue weighted by molar-refractivity contribution is 9.10. The molecule has 2 aromatic rings. The van der Waals surface area contributed by atoms with Crippen LogP contribution in [0.3, 0.4) is 0 Å². The van der Waals surface area contributed by atoms with E-state index in [4.69, 9.17) is 0 Å². The van der Waals surface area contributed by atoms with E-state index in [1.54, 1.807) is 12.3 Å². The molecule has 3 rings (SSSR count). The van der Waals surface area contributed by atoms with Crippen LogP contribution in [0.4, 0.5) is 0 Å². The zero-order valence-electron chi connectivity index (χ0n) is 14.0. The number of carbonyl (C=O) groups excluding carboxylic acids is 1. The fourth-order valence-corrected chi connectivity index (χ4v) is 3.59. The normalized spacial score (nSPS) is 18.0. The molecule has 1 aliphatic heterocycles. The number of rotatable bonds is 5. The van der Waals surface area contributed by atoms with Gasteiger partial charge in [0.2, 0.25) is 5.91 Å². The van der Waals surface area contributed by atoms with Gasteiger partial charge < -0.3 is 9.88 Å². The van der Waals surface area contributed by atoms with Gasteiger partial charge in [-0.25, -0.2) is 0 Å². The van der Waals surface area contributed by atoms with Crippen molar-refractivity contribution in [3.63, 3.8) is 0 Å². The van der Waals surface area contributed by atoms with E-state index in [1.807, 2.05) is 18.2 Å². The van der Waals surface area contributed by atoms with E-state index >= 15 is 0 Å². The Morgan fingerprint density at radius 1 is 1.20 bits per heavy atom. The Kier molecular flexibility index (Phi) is 6.04. The van der Waals surface area contributed by atoms with Gasteiger partial charge in [-0.3, -0.25) is 14.5 Å². The number of pyridine rings is 1. The summed E-state index contributed by atoms with van der Waals surface area (Å²) in [4.78, 5) is 26.5. The van der Waals surface area contributed by atoms with Gasteiger partial charge in [0, 0.05) is 35.9 Å². The summed E-state index contributed by atoms with van der Waals surface area (Å²) in [7, 11) is 0. The monoisotopic (exact) mass is 403 g/mol. The lowest BCUT2D eigenvalue weighted by Crippen LogP contribution is -2.48. The Hall–Kier alpha value is -1.92. The van der Waals surface area contributed by atoms with Crippen molar-refractivity contribution in [1.29, 1.82) is 0 Å². The van der Waals surface area contributed by atoms with E-state index in [1.165, 1.54) is 16.2 Å². The van der Waals surface area contributed by atoms with Gasteiger partial charge in [-0.2, -0.15) is 0 Å². The minimum Gasteiger partial charge on any atom is -0.351 e. The fourth-order valence-electron chi connectivity index (χ4n) is 3.21. The van der Waals surface area contributed by atoms with E-state index in [0.29, 0.717) is 0 Å². The third-order valence-electron chi connectivity index (χ3n) is 4.38. The fraction of sp³-hybridized carbons (Fsp3) is 0.368. The molecule has 2 heterocycles. The number of likely N-dealkylation sites (tertiary alicyclic amines) is 1. The Morgan fingerprint density at radius 2 is 2.00 bits per heavy atom. The summed E-state index contributed by atoms with van der Waals surface area (Å²) in [5.41, 5.74) is 1.11. The third-order valence-corrected chi connectivity index (χ3v) is 4.85. The number of halogens is 1. The Labute approximate surface area is 155 Å². The van der Waals surface area contributed by atoms with Crippen LogP contribution in [0.2, 0.25) is 0 Å². The first-order valence-electron chi connectivity index (χ1n) is 8.52. The van der Waals surface area contributed by atoms with Crippen molar-refractivity contribution in [3.8, 4) is 0 Å². The average molecular weight is 404 g/mol. The van der Waals surface area contributed by atoms with Gasteiger partial charge in [-0.1, -0.05) is 30.3 Å². The van der Waals surface area contributed by atoms with E-state index < -0.39 is 0 Å². The molecule has 0 bridgehead atoms. The van der Waals surface area contributed by atoms with Crippen molar-refractivity contribution in [2.24, 2.45) is 0 Å². The van der Waals surface area contributed by atoms with Gasteiger partial charge in [0.1, 0.15) is 6.54 Å². The van der Waals surface area contributed by atoms with Crippen LogP contribution in [0.5, 0.6) is 0 Å². The number of benzene rings is 1. The molecule has 1 aliphatic rings. The van der Waals surface area contributed by atoms with Crippen molar-refractivity contribution in [1.82, 2.24) is 14.8 Å². The largest absolute Gasteiger partial charge is 0.351 e. The lowest BCUT2D eigenvalue weighted by atomic mass is 10.0. The minimum atomic E-state index is -0.173. The second kappa shape index (κ2) is 8.45. The van der Waals surface area contributed by atoms with Gasteiger partial charge in [-0.15, -0.1) is 0 Å². The molecule has 1 N–H and O–H groups in total. The van der Waals surface area contributed by atoms with Crippen molar-refractivity contribution in [2.45, 2.75) is 32.0 Å². The highest BCUT2D eigenvalue weighted by atomic mass is 79.9. The molecular formula is C19H22BrN3O2. The van der Waals surface area contributed by atoms with Crippen LogP contribution in [0.15, 0.2) is 57.9 Å². The molecule has 0 radical (unpaired) electrons. The van der Waals surface area contributed by atoms with Gasteiger partial charge in [0.25, 0.3) is 5.56 Å². The number of nitrogens with zero attached hydrogens (tertiary/aromatic N) is 2. The molecule has 5 nitrogen and oxygen atoms in total. The van der Waals surface area contributed by atoms with E-state index in [0.717, 1.165) is 36.9 Å². The number of piperidine rings is 1. The molecular weight excluding hydrogens is 382 g/mol. The maximum atomic E-state index is 12.3. The van der Waals surface area contributed by atoms with Crippen molar-refractivity contribution >= 4 is 21.8 Å². The molecule has 132 valence electrons. The quantitative estimate of drug-likeness (QED) is 0.833. The molecule has 0 spiro atoms. The predicted molar refractivity (Wildman–Crippen MR) is 101 cm³/mol. The zero-order valence-corrected chi connectivity index (χ0v) is 15.6. The average Bonchev–Trinajstić information content (AvgIpc) is 2.59. The highest BCUT2D eigenvalue weighted by Crippen LogP contribution is 2.14. The van der Waals surface area contributed by atoms with Crippen LogP contribution in [-0.4, -0.2) is 34.5 Å². The molecule has 1 amide bonds. The summed E-state index contributed by atoms with van der Waals surface area (Å²) in [5, 5.41) is 3.07. The molecule has 1 saturated heterocycles. The standard InChI is InChI=1S/C19H22BrN3O2/c20-16-8-9-19(25)23(12-16)14-18(24)21-17-7-4-10-22(13-17)11-15-5-2-1-3-6-15/h1-3,5-6,8-9,12,17H,4,7,10-11,13-14H2,(H,21,24)/t17-/m0/s1. The summed E-state index contributed by atoms with van der Waals surface area (Å²) in [6, 6.07) is 13.6. The SMILES string of the molecule is O=C(Cn1cc(Br)ccc1=O)N[C@H]1CCCN(Cc2ccccc2)C1. The van der Waals surface area contributed by atoms with Crippen molar-refractivity contribution < 1.29 is 4.79 Å². The van der Waals surface area contributed by atoms with E-state index in [2.05, 4.69) is 38.3 Å². The first-order valence-corrected chi connectivity index (χ1v) is 9.31. The summed E-state index contributed by atoms with van der Waals surface area (Å²) in [6.07, 6.45) is 3.68. The van der Waals surface area contributed by atoms with Crippen LogP contribution in [0.25, 0.3) is 0 Å². The molecule has 6 heteroatoms. The maximum absolute atomic E-state index is 12.3. The number of nitrogens with one attached hydrogen (secondary N) is 1. The first kappa shape index (κ1) is 17.9. The number of hydrogen-bond acceptors (Lipinski definition) is 3. The summed E-state index contributed by atoms with van der Waals surface area (Å²) < 4.78 is 2.20. The molecule has 0 aliphatic carbocycles. The number of carbonyl (C=O) groups is 1. The molecule has 1 aromatic carbocycles. The first-order chi connectivity index (χ1) is 12.1. The lowest BCUT2D eigenvalue weighted by molar-refractivity contribution is -0.122. The van der Waals surface area contributed by atoms with Crippen LogP contribution in [-0.2, 0) is 17.9 Å². The molecule has 1 fully saturated rings. The van der Waals surface area contributed by atoms with Gasteiger partial charge in [0.15, 0.2) is 0 Å². The summed E-state index contributed by atoms with van der Waals surface area (Å²) in [5.74, 6) is -0.119. The molecule has 0 unspecified atom stereocenters. The predicted octanol–water partition coefficient (Wildman–Crippen LogP) is 2.39. The number of hydrogen-bond donors (Lipinski definition) is 1. The maximum Gasteiger partial charge on any atom is 0.251 e. The highest BCUT2D eigenvalue weighted by Gasteiger charge is 2.21. The minimum absolute atomic E-state index is 0.0491.